The molecule has 0 saturated heterocycles. The summed E-state index contributed by atoms with van der Waals surface area (Å²) < 4.78 is 13.5. The van der Waals surface area contributed by atoms with Crippen LogP contribution in [0.3, 0.4) is 0 Å². The van der Waals surface area contributed by atoms with Gasteiger partial charge in [0.25, 0.3) is 11.5 Å². The zero-order valence-electron chi connectivity index (χ0n) is 29.8. The van der Waals surface area contributed by atoms with Crippen LogP contribution in [0.25, 0.3) is 11.1 Å². The van der Waals surface area contributed by atoms with E-state index in [-0.39, 0.29) is 28.5 Å². The van der Waals surface area contributed by atoms with E-state index in [9.17, 15) is 14.9 Å². The molecule has 1 amide bonds. The molecule has 47 heavy (non-hydrogen) atoms. The van der Waals surface area contributed by atoms with Crippen LogP contribution < -0.4 is 15.0 Å². The zero-order chi connectivity index (χ0) is 34.6. The minimum absolute atomic E-state index is 0.00176. The molecule has 4 rings (SSSR count). The van der Waals surface area contributed by atoms with Crippen molar-refractivity contribution >= 4 is 5.91 Å². The van der Waals surface area contributed by atoms with E-state index in [4.69, 9.17) is 9.47 Å². The van der Waals surface area contributed by atoms with Gasteiger partial charge in [0.1, 0.15) is 23.1 Å². The summed E-state index contributed by atoms with van der Waals surface area (Å²) in [4.78, 5) is 30.2. The van der Waals surface area contributed by atoms with Gasteiger partial charge >= 0.3 is 0 Å². The number of nitriles is 1. The molecule has 8 heteroatoms. The second-order valence-electron chi connectivity index (χ2n) is 13.7. The molecule has 0 N–H and O–H groups in total. The standard InChI is InChI=1S/C39H50N4O4/c1-11-16-42(24-34-35(46-9)18-29(19-36(34)47-10)33-23-41(8)37(44)26(3)25(33)2)22-28-13-12-14-31-27(4)43(17-15-32(28)31)38(45)30(21-40)20-39(5,6)7/h12-14,18-20,23,27H,11,15-17,22,24H2,1-10H3/b30-20+. The van der Waals surface area contributed by atoms with Crippen LogP contribution in [0.5, 0.6) is 11.5 Å². The number of rotatable bonds is 10. The Kier molecular flexibility index (Phi) is 11.0. The monoisotopic (exact) mass is 638 g/mol. The lowest BCUT2D eigenvalue weighted by Gasteiger charge is -2.37. The number of aromatic nitrogens is 1. The molecule has 1 aliphatic rings. The van der Waals surface area contributed by atoms with Gasteiger partial charge < -0.3 is 18.9 Å². The highest BCUT2D eigenvalue weighted by atomic mass is 16.5. The van der Waals surface area contributed by atoms with Gasteiger partial charge in [-0.25, -0.2) is 0 Å². The predicted molar refractivity (Wildman–Crippen MR) is 188 cm³/mol. The van der Waals surface area contributed by atoms with E-state index >= 15 is 0 Å². The molecule has 0 spiro atoms. The second kappa shape index (κ2) is 14.6. The number of fused-ring (bicyclic) bond motifs is 1. The lowest BCUT2D eigenvalue weighted by Crippen LogP contribution is -2.40. The smallest absolute Gasteiger partial charge is 0.264 e. The number of ether oxygens (including phenoxy) is 2. The van der Waals surface area contributed by atoms with Crippen molar-refractivity contribution < 1.29 is 14.3 Å². The number of hydrogen-bond acceptors (Lipinski definition) is 6. The SMILES string of the molecule is CCCN(Cc1cccc2c1CCN(C(=O)/C(C#N)=C/C(C)(C)C)C2C)Cc1c(OC)cc(-c2cn(C)c(=O)c(C)c2C)cc1OC. The highest BCUT2D eigenvalue weighted by Crippen LogP contribution is 2.38. The Hall–Kier alpha value is -4.35. The van der Waals surface area contributed by atoms with E-state index in [1.165, 1.54) is 11.1 Å². The maximum atomic E-state index is 13.5. The van der Waals surface area contributed by atoms with Crippen LogP contribution in [0.4, 0.5) is 0 Å². The summed E-state index contributed by atoms with van der Waals surface area (Å²) in [7, 11) is 5.14. The van der Waals surface area contributed by atoms with Crippen LogP contribution >= 0.6 is 0 Å². The molecule has 1 aromatic heterocycles. The van der Waals surface area contributed by atoms with Crippen LogP contribution in [0.15, 0.2) is 53.0 Å². The van der Waals surface area contributed by atoms with E-state index in [1.807, 2.05) is 57.8 Å². The summed E-state index contributed by atoms with van der Waals surface area (Å²) >= 11 is 0. The number of benzene rings is 2. The molecule has 0 aliphatic carbocycles. The fourth-order valence-corrected chi connectivity index (χ4v) is 6.66. The van der Waals surface area contributed by atoms with Gasteiger partial charge in [-0.2, -0.15) is 5.26 Å². The molecular weight excluding hydrogens is 588 g/mol. The third kappa shape index (κ3) is 7.63. The van der Waals surface area contributed by atoms with Gasteiger partial charge in [0, 0.05) is 44.0 Å². The number of allylic oxidation sites excluding steroid dienone is 1. The normalized spacial score (nSPS) is 15.0. The molecule has 2 heterocycles. The van der Waals surface area contributed by atoms with Gasteiger partial charge in [-0.15, -0.1) is 0 Å². The van der Waals surface area contributed by atoms with E-state index in [0.717, 1.165) is 70.8 Å². The number of pyridine rings is 1. The van der Waals surface area contributed by atoms with Gasteiger partial charge in [-0.05, 0) is 85.5 Å². The van der Waals surface area contributed by atoms with Crippen molar-refractivity contribution in [3.05, 3.63) is 91.9 Å². The Morgan fingerprint density at radius 3 is 2.34 bits per heavy atom. The Bertz CT molecular complexity index is 1750. The summed E-state index contributed by atoms with van der Waals surface area (Å²) in [6, 6.07) is 12.5. The quantitative estimate of drug-likeness (QED) is 0.175. The molecule has 1 atom stereocenters. The van der Waals surface area contributed by atoms with E-state index < -0.39 is 0 Å². The highest BCUT2D eigenvalue weighted by Gasteiger charge is 2.31. The number of carbonyl (C=O) groups excluding carboxylic acids is 1. The van der Waals surface area contributed by atoms with Crippen molar-refractivity contribution in [2.75, 3.05) is 27.3 Å². The minimum atomic E-state index is -0.265. The average Bonchev–Trinajstić information content (AvgIpc) is 3.04. The molecule has 250 valence electrons. The van der Waals surface area contributed by atoms with E-state index in [2.05, 4.69) is 43.0 Å². The van der Waals surface area contributed by atoms with E-state index in [1.54, 1.807) is 31.9 Å². The number of hydrogen-bond donors (Lipinski definition) is 0. The third-order valence-electron chi connectivity index (χ3n) is 9.18. The molecule has 0 fully saturated rings. The lowest BCUT2D eigenvalue weighted by molar-refractivity contribution is -0.129. The highest BCUT2D eigenvalue weighted by molar-refractivity contribution is 5.97. The number of nitrogens with zero attached hydrogens (tertiary/aromatic N) is 4. The van der Waals surface area contributed by atoms with Crippen molar-refractivity contribution in [3.8, 4) is 28.7 Å². The predicted octanol–water partition coefficient (Wildman–Crippen LogP) is 7.04. The van der Waals surface area contributed by atoms with Crippen LogP contribution in [-0.2, 0) is 31.4 Å². The third-order valence-corrected chi connectivity index (χ3v) is 9.18. The molecule has 8 nitrogen and oxygen atoms in total. The Morgan fingerprint density at radius 1 is 1.11 bits per heavy atom. The lowest BCUT2D eigenvalue weighted by atomic mass is 9.88. The maximum absolute atomic E-state index is 13.5. The number of carbonyl (C=O) groups is 1. The van der Waals surface area contributed by atoms with Crippen molar-refractivity contribution in [2.45, 2.75) is 80.4 Å². The first-order valence-electron chi connectivity index (χ1n) is 16.4. The Balaban J connectivity index is 1.66. The first kappa shape index (κ1) is 35.5. The first-order valence-corrected chi connectivity index (χ1v) is 16.4. The topological polar surface area (TPSA) is 87.8 Å². The first-order chi connectivity index (χ1) is 22.2. The summed E-state index contributed by atoms with van der Waals surface area (Å²) in [5.74, 6) is 1.27. The average molecular weight is 639 g/mol. The van der Waals surface area contributed by atoms with Gasteiger partial charge in [-0.3, -0.25) is 14.5 Å². The van der Waals surface area contributed by atoms with Gasteiger partial charge in [0.15, 0.2) is 0 Å². The number of methoxy groups -OCH3 is 2. The Morgan fingerprint density at radius 2 is 1.77 bits per heavy atom. The van der Waals surface area contributed by atoms with Crippen LogP contribution in [0, 0.1) is 30.6 Å². The van der Waals surface area contributed by atoms with Crippen molar-refractivity contribution in [1.82, 2.24) is 14.4 Å². The number of aryl methyl sites for hydroxylation is 1. The largest absolute Gasteiger partial charge is 0.496 e. The van der Waals surface area contributed by atoms with Crippen molar-refractivity contribution in [1.29, 1.82) is 5.26 Å². The van der Waals surface area contributed by atoms with Crippen molar-refractivity contribution in [3.63, 3.8) is 0 Å². The molecule has 0 radical (unpaired) electrons. The zero-order valence-corrected chi connectivity index (χ0v) is 29.8. The molecule has 0 bridgehead atoms. The summed E-state index contributed by atoms with van der Waals surface area (Å²) in [5, 5.41) is 9.78. The van der Waals surface area contributed by atoms with Gasteiger partial charge in [-0.1, -0.05) is 52.0 Å². The molecule has 1 aliphatic heterocycles. The fraction of sp³-hybridized carbons (Fsp3) is 0.462. The van der Waals surface area contributed by atoms with Gasteiger partial charge in [0.05, 0.1) is 25.8 Å². The molecular formula is C39H50N4O4. The summed E-state index contributed by atoms with van der Waals surface area (Å²) in [6.07, 6.45) is 5.35. The molecule has 3 aromatic rings. The molecule has 2 aromatic carbocycles. The van der Waals surface area contributed by atoms with E-state index in [0.29, 0.717) is 13.1 Å². The molecule has 1 unspecified atom stereocenters. The second-order valence-corrected chi connectivity index (χ2v) is 13.7. The Labute approximate surface area is 280 Å². The molecule has 0 saturated carbocycles. The minimum Gasteiger partial charge on any atom is -0.496 e. The van der Waals surface area contributed by atoms with Crippen LogP contribution in [-0.4, -0.2) is 47.6 Å². The summed E-state index contributed by atoms with van der Waals surface area (Å²) in [6.45, 7) is 16.9. The van der Waals surface area contributed by atoms with Gasteiger partial charge in [0.2, 0.25) is 0 Å². The number of amides is 1. The fourth-order valence-electron chi connectivity index (χ4n) is 6.66. The van der Waals surface area contributed by atoms with Crippen LogP contribution in [0.1, 0.15) is 80.5 Å². The summed E-state index contributed by atoms with van der Waals surface area (Å²) in [5.41, 5.74) is 8.12. The maximum Gasteiger partial charge on any atom is 0.264 e. The van der Waals surface area contributed by atoms with Crippen molar-refractivity contribution in [2.24, 2.45) is 12.5 Å². The van der Waals surface area contributed by atoms with Crippen LogP contribution in [0.2, 0.25) is 0 Å².